The molecule has 0 aliphatic carbocycles. The van der Waals surface area contributed by atoms with Crippen LogP contribution in [-0.2, 0) is 13.0 Å². The van der Waals surface area contributed by atoms with Crippen LogP contribution in [0.15, 0.2) is 22.7 Å². The van der Waals surface area contributed by atoms with E-state index in [-0.39, 0.29) is 5.91 Å². The molecule has 4 heteroatoms. The molecule has 2 aromatic rings. The van der Waals surface area contributed by atoms with Gasteiger partial charge < -0.3 is 9.42 Å². The Balaban J connectivity index is 1.83. The lowest BCUT2D eigenvalue weighted by Gasteiger charge is -2.26. The number of amides is 1. The quantitative estimate of drug-likeness (QED) is 0.800. The summed E-state index contributed by atoms with van der Waals surface area (Å²) in [4.78, 5) is 14.4. The molecule has 4 nitrogen and oxygen atoms in total. The molecule has 0 saturated heterocycles. The van der Waals surface area contributed by atoms with Gasteiger partial charge in [-0.3, -0.25) is 4.79 Å². The van der Waals surface area contributed by atoms with Crippen LogP contribution in [-0.4, -0.2) is 22.5 Å². The van der Waals surface area contributed by atoms with Crippen molar-refractivity contribution in [3.8, 4) is 0 Å². The van der Waals surface area contributed by atoms with Crippen molar-refractivity contribution >= 4 is 5.91 Å². The molecule has 0 atom stereocenters. The van der Waals surface area contributed by atoms with Gasteiger partial charge in [0.15, 0.2) is 5.76 Å². The van der Waals surface area contributed by atoms with Gasteiger partial charge in [-0.2, -0.15) is 0 Å². The lowest BCUT2D eigenvalue weighted by atomic mass is 10.0. The summed E-state index contributed by atoms with van der Waals surface area (Å²) in [5.41, 5.74) is 5.19. The molecule has 104 valence electrons. The van der Waals surface area contributed by atoms with Crippen LogP contribution in [0.1, 0.15) is 38.5 Å². The Morgan fingerprint density at radius 2 is 2.05 bits per heavy atom. The fourth-order valence-corrected chi connectivity index (χ4v) is 2.61. The number of carbonyl (C=O) groups is 1. The van der Waals surface area contributed by atoms with E-state index in [1.807, 2.05) is 43.9 Å². The van der Waals surface area contributed by atoms with Crippen LogP contribution in [0.25, 0.3) is 0 Å². The Morgan fingerprint density at radius 1 is 1.25 bits per heavy atom. The molecule has 1 aromatic carbocycles. The van der Waals surface area contributed by atoms with Gasteiger partial charge in [0.25, 0.3) is 5.91 Å². The third-order valence-corrected chi connectivity index (χ3v) is 4.07. The van der Waals surface area contributed by atoms with Gasteiger partial charge in [-0.1, -0.05) is 11.2 Å². The Labute approximate surface area is 118 Å². The molecule has 1 aliphatic rings. The molecular weight excluding hydrogens is 252 g/mol. The van der Waals surface area contributed by atoms with E-state index in [0.717, 1.165) is 41.1 Å². The van der Waals surface area contributed by atoms with Crippen LogP contribution in [0, 0.1) is 20.8 Å². The van der Waals surface area contributed by atoms with Crippen molar-refractivity contribution in [2.45, 2.75) is 33.7 Å². The monoisotopic (exact) mass is 270 g/mol. The lowest BCUT2D eigenvalue weighted by Crippen LogP contribution is -2.35. The van der Waals surface area contributed by atoms with Crippen LogP contribution in [0.2, 0.25) is 0 Å². The predicted octanol–water partition coefficient (Wildman–Crippen LogP) is 2.80. The smallest absolute Gasteiger partial charge is 0.254 e. The minimum absolute atomic E-state index is 0.0628. The SMILES string of the molecule is Cc1ccc(C(=O)N2CCc3c(C)noc3C2)cc1C. The summed E-state index contributed by atoms with van der Waals surface area (Å²) in [5.74, 6) is 0.888. The molecule has 1 aromatic heterocycles. The Bertz CT molecular complexity index is 673. The third-order valence-electron chi connectivity index (χ3n) is 4.07. The first-order valence-electron chi connectivity index (χ1n) is 6.87. The number of benzene rings is 1. The number of fused-ring (bicyclic) bond motifs is 1. The molecule has 1 amide bonds. The zero-order valence-electron chi connectivity index (χ0n) is 12.1. The molecule has 3 rings (SSSR count). The molecule has 0 spiro atoms. The van der Waals surface area contributed by atoms with Crippen LogP contribution in [0.5, 0.6) is 0 Å². The molecule has 0 fully saturated rings. The molecular formula is C16H18N2O2. The molecule has 0 unspecified atom stereocenters. The van der Waals surface area contributed by atoms with Gasteiger partial charge >= 0.3 is 0 Å². The van der Waals surface area contributed by atoms with Gasteiger partial charge in [0, 0.05) is 17.7 Å². The van der Waals surface area contributed by atoms with E-state index in [1.165, 1.54) is 5.56 Å². The Morgan fingerprint density at radius 3 is 2.80 bits per heavy atom. The summed E-state index contributed by atoms with van der Waals surface area (Å²) in [6, 6.07) is 5.85. The van der Waals surface area contributed by atoms with Crippen molar-refractivity contribution in [3.05, 3.63) is 51.9 Å². The summed E-state index contributed by atoms with van der Waals surface area (Å²) in [5, 5.41) is 3.98. The minimum atomic E-state index is 0.0628. The van der Waals surface area contributed by atoms with Crippen LogP contribution in [0.3, 0.4) is 0 Å². The second-order valence-corrected chi connectivity index (χ2v) is 5.45. The summed E-state index contributed by atoms with van der Waals surface area (Å²) < 4.78 is 5.30. The summed E-state index contributed by atoms with van der Waals surface area (Å²) in [6.45, 7) is 7.26. The van der Waals surface area contributed by atoms with Crippen LogP contribution < -0.4 is 0 Å². The Kier molecular flexibility index (Phi) is 3.08. The molecule has 0 N–H and O–H groups in total. The summed E-state index contributed by atoms with van der Waals surface area (Å²) >= 11 is 0. The first-order chi connectivity index (χ1) is 9.56. The number of carbonyl (C=O) groups excluding carboxylic acids is 1. The van der Waals surface area contributed by atoms with Gasteiger partial charge in [0.05, 0.1) is 12.2 Å². The van der Waals surface area contributed by atoms with E-state index in [2.05, 4.69) is 5.16 Å². The number of nitrogens with zero attached hydrogens (tertiary/aromatic N) is 2. The summed E-state index contributed by atoms with van der Waals surface area (Å²) in [6.07, 6.45) is 0.821. The van der Waals surface area contributed by atoms with Crippen molar-refractivity contribution < 1.29 is 9.32 Å². The highest BCUT2D eigenvalue weighted by atomic mass is 16.5. The molecule has 20 heavy (non-hydrogen) atoms. The average molecular weight is 270 g/mol. The van der Waals surface area contributed by atoms with Gasteiger partial charge in [0.1, 0.15) is 0 Å². The minimum Gasteiger partial charge on any atom is -0.359 e. The molecule has 0 radical (unpaired) electrons. The van der Waals surface area contributed by atoms with Gasteiger partial charge in [0.2, 0.25) is 0 Å². The maximum Gasteiger partial charge on any atom is 0.254 e. The first kappa shape index (κ1) is 12.9. The number of aryl methyl sites for hydroxylation is 3. The zero-order chi connectivity index (χ0) is 14.3. The van der Waals surface area contributed by atoms with Gasteiger partial charge in [-0.25, -0.2) is 0 Å². The predicted molar refractivity (Wildman–Crippen MR) is 75.6 cm³/mol. The van der Waals surface area contributed by atoms with Crippen molar-refractivity contribution in [2.75, 3.05) is 6.54 Å². The maximum absolute atomic E-state index is 12.5. The topological polar surface area (TPSA) is 46.3 Å². The largest absolute Gasteiger partial charge is 0.359 e. The number of aromatic nitrogens is 1. The molecule has 2 heterocycles. The van der Waals surface area contributed by atoms with Crippen LogP contribution in [0.4, 0.5) is 0 Å². The molecule has 0 saturated carbocycles. The maximum atomic E-state index is 12.5. The van der Waals surface area contributed by atoms with Crippen molar-refractivity contribution in [1.29, 1.82) is 0 Å². The van der Waals surface area contributed by atoms with E-state index < -0.39 is 0 Å². The average Bonchev–Trinajstić information content (AvgIpc) is 2.82. The Hall–Kier alpha value is -2.10. The number of hydrogen-bond donors (Lipinski definition) is 0. The van der Waals surface area contributed by atoms with Crippen molar-refractivity contribution in [3.63, 3.8) is 0 Å². The normalized spacial score (nSPS) is 14.2. The fraction of sp³-hybridized carbons (Fsp3) is 0.375. The number of hydrogen-bond acceptors (Lipinski definition) is 3. The zero-order valence-corrected chi connectivity index (χ0v) is 12.1. The van der Waals surface area contributed by atoms with Crippen LogP contribution >= 0.6 is 0 Å². The highest BCUT2D eigenvalue weighted by Gasteiger charge is 2.26. The van der Waals surface area contributed by atoms with E-state index >= 15 is 0 Å². The van der Waals surface area contributed by atoms with E-state index in [4.69, 9.17) is 4.52 Å². The lowest BCUT2D eigenvalue weighted by molar-refractivity contribution is 0.0716. The van der Waals surface area contributed by atoms with E-state index in [1.54, 1.807) is 0 Å². The standard InChI is InChI=1S/C16H18N2O2/c1-10-4-5-13(8-11(10)2)16(19)18-7-6-14-12(3)17-20-15(14)9-18/h4-5,8H,6-7,9H2,1-3H3. The highest BCUT2D eigenvalue weighted by Crippen LogP contribution is 2.23. The van der Waals surface area contributed by atoms with Crippen molar-refractivity contribution in [1.82, 2.24) is 10.1 Å². The van der Waals surface area contributed by atoms with Gasteiger partial charge in [-0.05, 0) is 50.5 Å². The fourth-order valence-electron chi connectivity index (χ4n) is 2.61. The summed E-state index contributed by atoms with van der Waals surface area (Å²) in [7, 11) is 0. The second kappa shape index (κ2) is 4.78. The first-order valence-corrected chi connectivity index (χ1v) is 6.87. The van der Waals surface area contributed by atoms with Crippen molar-refractivity contribution in [2.24, 2.45) is 0 Å². The third kappa shape index (κ3) is 2.11. The highest BCUT2D eigenvalue weighted by molar-refractivity contribution is 5.94. The number of rotatable bonds is 1. The second-order valence-electron chi connectivity index (χ2n) is 5.45. The molecule has 1 aliphatic heterocycles. The van der Waals surface area contributed by atoms with E-state index in [9.17, 15) is 4.79 Å². The van der Waals surface area contributed by atoms with E-state index in [0.29, 0.717) is 6.54 Å². The van der Waals surface area contributed by atoms with Gasteiger partial charge in [-0.15, -0.1) is 0 Å². The molecule has 0 bridgehead atoms.